The first kappa shape index (κ1) is 17.3. The molecule has 0 saturated carbocycles. The van der Waals surface area contributed by atoms with Crippen molar-refractivity contribution in [1.29, 1.82) is 0 Å². The second-order valence-electron chi connectivity index (χ2n) is 5.10. The van der Waals surface area contributed by atoms with Gasteiger partial charge in [0.1, 0.15) is 0 Å². The van der Waals surface area contributed by atoms with Crippen LogP contribution in [0.3, 0.4) is 0 Å². The summed E-state index contributed by atoms with van der Waals surface area (Å²) in [5, 5.41) is 2.71. The number of benzene rings is 1. The molecular weight excluding hydrogens is 310 g/mol. The molecule has 7 heteroatoms. The number of hydrogen-bond acceptors (Lipinski definition) is 4. The van der Waals surface area contributed by atoms with Crippen LogP contribution in [0, 0.1) is 0 Å². The average molecular weight is 329 g/mol. The third-order valence-electron chi connectivity index (χ3n) is 3.46. The normalized spacial score (nSPS) is 10.2. The van der Waals surface area contributed by atoms with Crippen LogP contribution in [-0.2, 0) is 4.79 Å². The van der Waals surface area contributed by atoms with Crippen LogP contribution in [0.25, 0.3) is 0 Å². The summed E-state index contributed by atoms with van der Waals surface area (Å²) in [6, 6.07) is 9.51. The van der Waals surface area contributed by atoms with Gasteiger partial charge in [-0.05, 0) is 43.3 Å². The molecule has 3 amide bonds. The summed E-state index contributed by atoms with van der Waals surface area (Å²) in [5.74, 6) is -0.754. The average Bonchev–Trinajstić information content (AvgIpc) is 3.10. The van der Waals surface area contributed by atoms with E-state index in [0.29, 0.717) is 17.8 Å². The Kier molecular flexibility index (Phi) is 5.73. The molecule has 24 heavy (non-hydrogen) atoms. The lowest BCUT2D eigenvalue weighted by atomic mass is 10.2. The highest BCUT2D eigenvalue weighted by Gasteiger charge is 2.17. The Morgan fingerprint density at radius 1 is 1.17 bits per heavy atom. The van der Waals surface area contributed by atoms with Crippen LogP contribution < -0.4 is 11.1 Å². The molecule has 1 heterocycles. The summed E-state index contributed by atoms with van der Waals surface area (Å²) in [7, 11) is 0. The molecule has 2 rings (SSSR count). The third-order valence-corrected chi connectivity index (χ3v) is 3.46. The van der Waals surface area contributed by atoms with Crippen LogP contribution >= 0.6 is 0 Å². The summed E-state index contributed by atoms with van der Waals surface area (Å²) in [5.41, 5.74) is 6.09. The number of nitrogens with two attached hydrogens (primary N) is 1. The molecule has 126 valence electrons. The number of primary amides is 1. The van der Waals surface area contributed by atoms with E-state index in [-0.39, 0.29) is 30.5 Å². The molecule has 0 atom stereocenters. The van der Waals surface area contributed by atoms with E-state index in [1.165, 1.54) is 23.3 Å². The van der Waals surface area contributed by atoms with Crippen LogP contribution in [-0.4, -0.2) is 35.7 Å². The molecule has 7 nitrogen and oxygen atoms in total. The van der Waals surface area contributed by atoms with Gasteiger partial charge in [-0.15, -0.1) is 0 Å². The van der Waals surface area contributed by atoms with Gasteiger partial charge in [0, 0.05) is 30.8 Å². The first-order chi connectivity index (χ1) is 11.5. The first-order valence-corrected chi connectivity index (χ1v) is 7.53. The number of hydrogen-bond donors (Lipinski definition) is 2. The minimum absolute atomic E-state index is 0.151. The molecule has 0 saturated heterocycles. The zero-order valence-electron chi connectivity index (χ0n) is 13.3. The standard InChI is InChI=1S/C17H19N3O4/c1-2-20(17(23)14-4-3-11-24-14)10-9-15(21)19-13-7-5-12(6-8-13)16(18)22/h3-8,11H,2,9-10H2,1H3,(H2,18,22)(H,19,21). The van der Waals surface area contributed by atoms with Crippen LogP contribution in [0.5, 0.6) is 0 Å². The van der Waals surface area contributed by atoms with E-state index in [4.69, 9.17) is 10.2 Å². The SMILES string of the molecule is CCN(CCC(=O)Nc1ccc(C(N)=O)cc1)C(=O)c1ccco1. The Balaban J connectivity index is 1.87. The Labute approximate surface area is 139 Å². The summed E-state index contributed by atoms with van der Waals surface area (Å²) >= 11 is 0. The fourth-order valence-corrected chi connectivity index (χ4v) is 2.14. The topological polar surface area (TPSA) is 106 Å². The zero-order chi connectivity index (χ0) is 17.5. The minimum Gasteiger partial charge on any atom is -0.459 e. The van der Waals surface area contributed by atoms with E-state index >= 15 is 0 Å². The molecule has 0 radical (unpaired) electrons. The van der Waals surface area contributed by atoms with E-state index in [9.17, 15) is 14.4 Å². The van der Waals surface area contributed by atoms with E-state index in [0.717, 1.165) is 0 Å². The van der Waals surface area contributed by atoms with Crippen molar-refractivity contribution in [3.8, 4) is 0 Å². The molecule has 3 N–H and O–H groups in total. The summed E-state index contributed by atoms with van der Waals surface area (Å²) in [6.45, 7) is 2.59. The Bertz CT molecular complexity index is 708. The fraction of sp³-hybridized carbons (Fsp3) is 0.235. The quantitative estimate of drug-likeness (QED) is 0.808. The Morgan fingerprint density at radius 2 is 1.88 bits per heavy atom. The third kappa shape index (κ3) is 4.45. The monoisotopic (exact) mass is 329 g/mol. The molecule has 1 aromatic heterocycles. The van der Waals surface area contributed by atoms with E-state index < -0.39 is 5.91 Å². The maximum Gasteiger partial charge on any atom is 0.289 e. The van der Waals surface area contributed by atoms with Gasteiger partial charge >= 0.3 is 0 Å². The predicted octanol–water partition coefficient (Wildman–Crippen LogP) is 1.87. The first-order valence-electron chi connectivity index (χ1n) is 7.53. The largest absolute Gasteiger partial charge is 0.459 e. The number of rotatable bonds is 7. The second-order valence-corrected chi connectivity index (χ2v) is 5.10. The van der Waals surface area contributed by atoms with Gasteiger partial charge in [0.2, 0.25) is 11.8 Å². The van der Waals surface area contributed by atoms with Gasteiger partial charge in [-0.3, -0.25) is 14.4 Å². The van der Waals surface area contributed by atoms with E-state index in [2.05, 4.69) is 5.32 Å². The van der Waals surface area contributed by atoms with E-state index in [1.54, 1.807) is 24.3 Å². The number of nitrogens with one attached hydrogen (secondary N) is 1. The lowest BCUT2D eigenvalue weighted by molar-refractivity contribution is -0.116. The molecule has 0 aliphatic carbocycles. The van der Waals surface area contributed by atoms with Crippen LogP contribution in [0.1, 0.15) is 34.3 Å². The van der Waals surface area contributed by atoms with Gasteiger partial charge < -0.3 is 20.4 Å². The van der Waals surface area contributed by atoms with Gasteiger partial charge in [-0.2, -0.15) is 0 Å². The minimum atomic E-state index is -0.525. The van der Waals surface area contributed by atoms with Crippen molar-refractivity contribution in [1.82, 2.24) is 4.90 Å². The highest BCUT2D eigenvalue weighted by atomic mass is 16.3. The van der Waals surface area contributed by atoms with Crippen molar-refractivity contribution in [2.45, 2.75) is 13.3 Å². The molecule has 0 aliphatic heterocycles. The van der Waals surface area contributed by atoms with Crippen molar-refractivity contribution in [2.75, 3.05) is 18.4 Å². The van der Waals surface area contributed by atoms with Gasteiger partial charge in [-0.1, -0.05) is 0 Å². The Morgan fingerprint density at radius 3 is 2.42 bits per heavy atom. The maximum absolute atomic E-state index is 12.2. The molecular formula is C17H19N3O4. The van der Waals surface area contributed by atoms with Crippen LogP contribution in [0.15, 0.2) is 47.1 Å². The molecule has 0 spiro atoms. The molecule has 0 unspecified atom stereocenters. The van der Waals surface area contributed by atoms with Crippen molar-refractivity contribution in [2.24, 2.45) is 5.73 Å². The maximum atomic E-state index is 12.2. The van der Waals surface area contributed by atoms with Gasteiger partial charge in [0.25, 0.3) is 5.91 Å². The number of anilines is 1. The molecule has 2 aromatic rings. The highest BCUT2D eigenvalue weighted by Crippen LogP contribution is 2.10. The number of carbonyl (C=O) groups is 3. The van der Waals surface area contributed by atoms with Crippen molar-refractivity contribution < 1.29 is 18.8 Å². The lowest BCUT2D eigenvalue weighted by Gasteiger charge is -2.19. The molecule has 0 aliphatic rings. The summed E-state index contributed by atoms with van der Waals surface area (Å²) in [4.78, 5) is 36.7. The molecule has 1 aromatic carbocycles. The predicted molar refractivity (Wildman–Crippen MR) is 88.5 cm³/mol. The fourth-order valence-electron chi connectivity index (χ4n) is 2.14. The molecule has 0 bridgehead atoms. The van der Waals surface area contributed by atoms with Crippen molar-refractivity contribution in [3.63, 3.8) is 0 Å². The second kappa shape index (κ2) is 7.96. The smallest absolute Gasteiger partial charge is 0.289 e. The number of carbonyl (C=O) groups excluding carboxylic acids is 3. The number of furan rings is 1. The van der Waals surface area contributed by atoms with Crippen molar-refractivity contribution in [3.05, 3.63) is 54.0 Å². The van der Waals surface area contributed by atoms with Gasteiger partial charge in [0.15, 0.2) is 5.76 Å². The van der Waals surface area contributed by atoms with Gasteiger partial charge in [0.05, 0.1) is 6.26 Å². The number of nitrogens with zero attached hydrogens (tertiary/aromatic N) is 1. The highest BCUT2D eigenvalue weighted by molar-refractivity contribution is 5.95. The van der Waals surface area contributed by atoms with Crippen LogP contribution in [0.4, 0.5) is 5.69 Å². The lowest BCUT2D eigenvalue weighted by Crippen LogP contribution is -2.33. The Hall–Kier alpha value is -3.09. The molecule has 0 fully saturated rings. The van der Waals surface area contributed by atoms with Crippen molar-refractivity contribution >= 4 is 23.4 Å². The number of amides is 3. The summed E-state index contributed by atoms with van der Waals surface area (Å²) < 4.78 is 5.08. The summed E-state index contributed by atoms with van der Waals surface area (Å²) in [6.07, 6.45) is 1.58. The van der Waals surface area contributed by atoms with E-state index in [1.807, 2.05) is 6.92 Å². The van der Waals surface area contributed by atoms with Gasteiger partial charge in [-0.25, -0.2) is 0 Å². The zero-order valence-corrected chi connectivity index (χ0v) is 13.3. The van der Waals surface area contributed by atoms with Crippen LogP contribution in [0.2, 0.25) is 0 Å².